The van der Waals surface area contributed by atoms with Crippen molar-refractivity contribution in [2.75, 3.05) is 26.7 Å². The fourth-order valence-electron chi connectivity index (χ4n) is 9.39. The van der Waals surface area contributed by atoms with Gasteiger partial charge in [0, 0.05) is 36.2 Å². The molecule has 7 rings (SSSR count). The van der Waals surface area contributed by atoms with E-state index in [-0.39, 0.29) is 11.5 Å². The van der Waals surface area contributed by atoms with Crippen molar-refractivity contribution in [3.63, 3.8) is 0 Å². The number of hydrogen-bond donors (Lipinski definition) is 1. The van der Waals surface area contributed by atoms with E-state index in [0.29, 0.717) is 23.3 Å². The molecule has 2 heterocycles. The quantitative estimate of drug-likeness (QED) is 0.828. The zero-order chi connectivity index (χ0) is 20.3. The van der Waals surface area contributed by atoms with E-state index in [1.807, 2.05) is 12.0 Å². The third-order valence-electron chi connectivity index (χ3n) is 10.2. The number of nitrogens with zero attached hydrogens (tertiary/aromatic N) is 2. The van der Waals surface area contributed by atoms with Crippen LogP contribution in [0.3, 0.4) is 0 Å². The third-order valence-corrected chi connectivity index (χ3v) is 10.2. The van der Waals surface area contributed by atoms with Gasteiger partial charge in [0.15, 0.2) is 0 Å². The molecule has 1 aromatic rings. The Morgan fingerprint density at radius 2 is 2.13 bits per heavy atom. The summed E-state index contributed by atoms with van der Waals surface area (Å²) in [7, 11) is 1.82. The fraction of sp³-hybridized carbons (Fsp3) is 0.720. The molecular formula is C25H32N2O3. The van der Waals surface area contributed by atoms with Crippen LogP contribution < -0.4 is 4.74 Å². The molecule has 2 aliphatic heterocycles. The SMILES string of the molecule is COc1cccc2c1[C@]13CCN(CC4CC4)[C@H](C2)[C@]12CCC1C3[C@@H](CN1C(=O)O)C2. The summed E-state index contributed by atoms with van der Waals surface area (Å²) >= 11 is 0. The Morgan fingerprint density at radius 3 is 2.90 bits per heavy atom. The van der Waals surface area contributed by atoms with E-state index >= 15 is 0 Å². The number of hydrogen-bond acceptors (Lipinski definition) is 3. The van der Waals surface area contributed by atoms with E-state index in [4.69, 9.17) is 4.74 Å². The molecule has 0 aromatic heterocycles. The van der Waals surface area contributed by atoms with E-state index in [1.165, 1.54) is 56.3 Å². The highest BCUT2D eigenvalue weighted by molar-refractivity contribution is 5.67. The summed E-state index contributed by atoms with van der Waals surface area (Å²) < 4.78 is 5.99. The van der Waals surface area contributed by atoms with Crippen molar-refractivity contribution >= 4 is 6.09 Å². The predicted octanol–water partition coefficient (Wildman–Crippen LogP) is 3.75. The van der Waals surface area contributed by atoms with Crippen LogP contribution in [0.1, 0.15) is 49.7 Å². The van der Waals surface area contributed by atoms with Crippen molar-refractivity contribution in [3.8, 4) is 5.75 Å². The average Bonchev–Trinajstić information content (AvgIpc) is 3.42. The van der Waals surface area contributed by atoms with Crippen molar-refractivity contribution in [2.45, 2.75) is 62.4 Å². The van der Waals surface area contributed by atoms with Gasteiger partial charge in [-0.2, -0.15) is 0 Å². The van der Waals surface area contributed by atoms with Gasteiger partial charge in [0.2, 0.25) is 0 Å². The Balaban J connectivity index is 1.44. The lowest BCUT2D eigenvalue weighted by atomic mass is 9.43. The van der Waals surface area contributed by atoms with Crippen LogP contribution in [0.4, 0.5) is 4.79 Å². The van der Waals surface area contributed by atoms with Crippen LogP contribution in [0.15, 0.2) is 18.2 Å². The second-order valence-corrected chi connectivity index (χ2v) is 11.1. The fourth-order valence-corrected chi connectivity index (χ4v) is 9.39. The molecule has 160 valence electrons. The summed E-state index contributed by atoms with van der Waals surface area (Å²) in [4.78, 5) is 16.8. The summed E-state index contributed by atoms with van der Waals surface area (Å²) in [5.41, 5.74) is 3.35. The van der Waals surface area contributed by atoms with Crippen LogP contribution in [0.5, 0.6) is 5.75 Å². The molecule has 5 nitrogen and oxygen atoms in total. The molecule has 1 aromatic carbocycles. The maximum atomic E-state index is 12.1. The van der Waals surface area contributed by atoms with Crippen LogP contribution in [0, 0.1) is 23.2 Å². The zero-order valence-electron chi connectivity index (χ0n) is 17.8. The van der Waals surface area contributed by atoms with Crippen LogP contribution in [0.25, 0.3) is 0 Å². The van der Waals surface area contributed by atoms with E-state index in [2.05, 4.69) is 23.1 Å². The van der Waals surface area contributed by atoms with Crippen molar-refractivity contribution in [1.82, 2.24) is 9.80 Å². The number of benzene rings is 1. The van der Waals surface area contributed by atoms with Crippen LogP contribution >= 0.6 is 0 Å². The summed E-state index contributed by atoms with van der Waals surface area (Å²) in [6, 6.07) is 7.47. The standard InChI is InChI=1S/C25H32N2O3/c1-30-19-4-2-3-16-11-20-24-8-7-18-21(17(12-24)14-27(18)23(28)29)25(24,22(16)19)9-10-26(20)13-15-5-6-15/h2-4,15,17-18,20-21H,5-14H2,1H3,(H,28,29)/t17-,18?,20-,21?,24-,25-/m1/s1. The number of carboxylic acid groups (broad SMARTS) is 1. The minimum Gasteiger partial charge on any atom is -0.496 e. The largest absolute Gasteiger partial charge is 0.496 e. The molecular weight excluding hydrogens is 376 g/mol. The van der Waals surface area contributed by atoms with E-state index in [1.54, 1.807) is 0 Å². The minimum absolute atomic E-state index is 0.0929. The monoisotopic (exact) mass is 408 g/mol. The molecule has 6 atom stereocenters. The molecule has 2 saturated heterocycles. The molecule has 4 bridgehead atoms. The predicted molar refractivity (Wildman–Crippen MR) is 113 cm³/mol. The lowest BCUT2D eigenvalue weighted by Gasteiger charge is -2.66. The molecule has 0 radical (unpaired) electrons. The molecule has 6 aliphatic rings. The number of carbonyl (C=O) groups is 1. The van der Waals surface area contributed by atoms with Crippen molar-refractivity contribution in [3.05, 3.63) is 29.3 Å². The highest BCUT2D eigenvalue weighted by Crippen LogP contribution is 2.76. The molecule has 0 spiro atoms. The molecule has 5 fully saturated rings. The molecule has 30 heavy (non-hydrogen) atoms. The Labute approximate surface area is 178 Å². The Morgan fingerprint density at radius 1 is 1.27 bits per heavy atom. The first-order chi connectivity index (χ1) is 14.6. The van der Waals surface area contributed by atoms with Gasteiger partial charge in [0.05, 0.1) is 7.11 Å². The van der Waals surface area contributed by atoms with Crippen molar-refractivity contribution in [2.24, 2.45) is 23.2 Å². The Kier molecular flexibility index (Phi) is 3.41. The molecule has 2 unspecified atom stereocenters. The Hall–Kier alpha value is -1.75. The lowest BCUT2D eigenvalue weighted by Crippen LogP contribution is -2.70. The summed E-state index contributed by atoms with van der Waals surface area (Å²) in [6.45, 7) is 3.19. The molecule has 3 saturated carbocycles. The van der Waals surface area contributed by atoms with Gasteiger partial charge in [-0.25, -0.2) is 4.79 Å². The van der Waals surface area contributed by atoms with Crippen LogP contribution in [-0.2, 0) is 11.8 Å². The van der Waals surface area contributed by atoms with Gasteiger partial charge in [-0.05, 0) is 86.3 Å². The topological polar surface area (TPSA) is 53.0 Å². The maximum absolute atomic E-state index is 12.1. The van der Waals surface area contributed by atoms with E-state index < -0.39 is 6.09 Å². The zero-order valence-corrected chi connectivity index (χ0v) is 17.8. The average molecular weight is 409 g/mol. The van der Waals surface area contributed by atoms with Crippen LogP contribution in [0.2, 0.25) is 0 Å². The highest BCUT2D eigenvalue weighted by atomic mass is 16.5. The third kappa shape index (κ3) is 1.92. The number of ether oxygens (including phenoxy) is 1. The number of amides is 1. The first-order valence-corrected chi connectivity index (χ1v) is 12.0. The van der Waals surface area contributed by atoms with Gasteiger partial charge in [-0.3, -0.25) is 4.90 Å². The molecule has 4 aliphatic carbocycles. The summed E-state index contributed by atoms with van der Waals surface area (Å²) in [6.07, 6.45) is 7.87. The van der Waals surface area contributed by atoms with Gasteiger partial charge in [-0.1, -0.05) is 12.1 Å². The number of methoxy groups -OCH3 is 1. The first-order valence-electron chi connectivity index (χ1n) is 12.0. The van der Waals surface area contributed by atoms with Gasteiger partial charge in [-0.15, -0.1) is 0 Å². The number of likely N-dealkylation sites (tertiary alicyclic amines) is 2. The van der Waals surface area contributed by atoms with Gasteiger partial charge in [0.25, 0.3) is 0 Å². The molecule has 1 N–H and O–H groups in total. The van der Waals surface area contributed by atoms with E-state index in [0.717, 1.165) is 31.1 Å². The smallest absolute Gasteiger partial charge is 0.407 e. The second kappa shape index (κ2) is 5.73. The molecule has 5 heteroatoms. The molecule has 1 amide bonds. The lowest BCUT2D eigenvalue weighted by molar-refractivity contribution is -0.103. The van der Waals surface area contributed by atoms with E-state index in [9.17, 15) is 9.90 Å². The second-order valence-electron chi connectivity index (χ2n) is 11.1. The maximum Gasteiger partial charge on any atom is 0.407 e. The highest BCUT2D eigenvalue weighted by Gasteiger charge is 2.77. The number of rotatable bonds is 3. The normalized spacial score (nSPS) is 43.3. The summed E-state index contributed by atoms with van der Waals surface area (Å²) in [5.74, 6) is 2.94. The van der Waals surface area contributed by atoms with Gasteiger partial charge in [0.1, 0.15) is 5.75 Å². The van der Waals surface area contributed by atoms with Crippen molar-refractivity contribution < 1.29 is 14.6 Å². The number of fused-ring (bicyclic) bond motifs is 1. The van der Waals surface area contributed by atoms with Gasteiger partial charge < -0.3 is 14.7 Å². The number of piperidine rings is 1. The summed E-state index contributed by atoms with van der Waals surface area (Å²) in [5, 5.41) is 9.94. The first kappa shape index (κ1) is 17.9. The van der Waals surface area contributed by atoms with Crippen LogP contribution in [-0.4, -0.2) is 59.8 Å². The Bertz CT molecular complexity index is 929. The minimum atomic E-state index is -0.711. The van der Waals surface area contributed by atoms with Gasteiger partial charge >= 0.3 is 6.09 Å². The van der Waals surface area contributed by atoms with Crippen molar-refractivity contribution in [1.29, 1.82) is 0 Å².